The SMILES string of the molecule is CCOC(=O)[C@](CO)(Cc1ccccc1)NC(=O)OCc1ccccc1. The van der Waals surface area contributed by atoms with Crippen molar-refractivity contribution in [2.75, 3.05) is 13.2 Å². The van der Waals surface area contributed by atoms with Crippen molar-refractivity contribution in [3.63, 3.8) is 0 Å². The van der Waals surface area contributed by atoms with Crippen LogP contribution in [-0.4, -0.2) is 35.9 Å². The number of carbonyl (C=O) groups excluding carboxylic acids is 2. The monoisotopic (exact) mass is 357 g/mol. The predicted octanol–water partition coefficient (Wildman–Crippen LogP) is 2.45. The Balaban J connectivity index is 2.11. The highest BCUT2D eigenvalue weighted by molar-refractivity contribution is 5.86. The quantitative estimate of drug-likeness (QED) is 0.709. The van der Waals surface area contributed by atoms with Crippen molar-refractivity contribution >= 4 is 12.1 Å². The van der Waals surface area contributed by atoms with E-state index in [-0.39, 0.29) is 19.6 Å². The Kier molecular flexibility index (Phi) is 7.17. The third-order valence-corrected chi connectivity index (χ3v) is 3.84. The molecular formula is C20H23NO5. The summed E-state index contributed by atoms with van der Waals surface area (Å²) in [4.78, 5) is 24.7. The number of alkyl carbamates (subject to hydrolysis) is 1. The lowest BCUT2D eigenvalue weighted by Crippen LogP contribution is -2.59. The van der Waals surface area contributed by atoms with Gasteiger partial charge in [-0.25, -0.2) is 9.59 Å². The molecule has 0 aliphatic carbocycles. The molecule has 0 aliphatic heterocycles. The number of ether oxygens (including phenoxy) is 2. The van der Waals surface area contributed by atoms with E-state index in [0.29, 0.717) is 0 Å². The lowest BCUT2D eigenvalue weighted by atomic mass is 9.91. The smallest absolute Gasteiger partial charge is 0.408 e. The van der Waals surface area contributed by atoms with Crippen LogP contribution in [0.5, 0.6) is 0 Å². The van der Waals surface area contributed by atoms with Crippen LogP contribution in [0.3, 0.4) is 0 Å². The predicted molar refractivity (Wildman–Crippen MR) is 96.4 cm³/mol. The lowest BCUT2D eigenvalue weighted by molar-refractivity contribution is -0.152. The molecular weight excluding hydrogens is 334 g/mol. The molecule has 138 valence electrons. The number of amides is 1. The summed E-state index contributed by atoms with van der Waals surface area (Å²) < 4.78 is 10.2. The number of aliphatic hydroxyl groups excluding tert-OH is 1. The first-order valence-electron chi connectivity index (χ1n) is 8.40. The van der Waals surface area contributed by atoms with Crippen molar-refractivity contribution in [2.24, 2.45) is 0 Å². The summed E-state index contributed by atoms with van der Waals surface area (Å²) in [7, 11) is 0. The minimum Gasteiger partial charge on any atom is -0.464 e. The van der Waals surface area contributed by atoms with Gasteiger partial charge in [-0.2, -0.15) is 0 Å². The van der Waals surface area contributed by atoms with Gasteiger partial charge in [-0.1, -0.05) is 60.7 Å². The van der Waals surface area contributed by atoms with E-state index in [2.05, 4.69) is 5.32 Å². The molecule has 6 nitrogen and oxygen atoms in total. The molecule has 0 saturated carbocycles. The summed E-state index contributed by atoms with van der Waals surface area (Å²) >= 11 is 0. The summed E-state index contributed by atoms with van der Waals surface area (Å²) in [5.74, 6) is -0.706. The third-order valence-electron chi connectivity index (χ3n) is 3.84. The summed E-state index contributed by atoms with van der Waals surface area (Å²) in [6.45, 7) is 1.25. The van der Waals surface area contributed by atoms with Crippen LogP contribution < -0.4 is 5.32 Å². The van der Waals surface area contributed by atoms with Gasteiger partial charge in [0.05, 0.1) is 13.2 Å². The molecule has 6 heteroatoms. The van der Waals surface area contributed by atoms with Crippen LogP contribution in [0, 0.1) is 0 Å². The van der Waals surface area contributed by atoms with Crippen molar-refractivity contribution in [3.05, 3.63) is 71.8 Å². The van der Waals surface area contributed by atoms with Gasteiger partial charge >= 0.3 is 12.1 Å². The number of benzene rings is 2. The fraction of sp³-hybridized carbons (Fsp3) is 0.300. The van der Waals surface area contributed by atoms with Crippen LogP contribution in [0.2, 0.25) is 0 Å². The van der Waals surface area contributed by atoms with Crippen LogP contribution >= 0.6 is 0 Å². The van der Waals surface area contributed by atoms with Gasteiger partial charge < -0.3 is 19.9 Å². The fourth-order valence-corrected chi connectivity index (χ4v) is 2.50. The highest BCUT2D eigenvalue weighted by atomic mass is 16.6. The van der Waals surface area contributed by atoms with Crippen molar-refractivity contribution in [1.82, 2.24) is 5.32 Å². The van der Waals surface area contributed by atoms with E-state index < -0.39 is 24.2 Å². The Morgan fingerprint density at radius 1 is 0.962 bits per heavy atom. The maximum atomic E-state index is 12.5. The maximum absolute atomic E-state index is 12.5. The lowest BCUT2D eigenvalue weighted by Gasteiger charge is -2.30. The molecule has 1 amide bonds. The van der Waals surface area contributed by atoms with Crippen LogP contribution in [0.4, 0.5) is 4.79 Å². The van der Waals surface area contributed by atoms with E-state index in [4.69, 9.17) is 9.47 Å². The Bertz CT molecular complexity index is 705. The average molecular weight is 357 g/mol. The summed E-state index contributed by atoms with van der Waals surface area (Å²) in [6, 6.07) is 18.3. The number of rotatable bonds is 8. The molecule has 2 aromatic rings. The van der Waals surface area contributed by atoms with Crippen LogP contribution in [0.25, 0.3) is 0 Å². The molecule has 26 heavy (non-hydrogen) atoms. The minimum atomic E-state index is -1.61. The number of nitrogens with one attached hydrogen (secondary N) is 1. The molecule has 2 N–H and O–H groups in total. The Morgan fingerprint density at radius 2 is 1.54 bits per heavy atom. The molecule has 0 spiro atoms. The topological polar surface area (TPSA) is 84.9 Å². The number of hydrogen-bond donors (Lipinski definition) is 2. The van der Waals surface area contributed by atoms with Crippen LogP contribution in [0.15, 0.2) is 60.7 Å². The van der Waals surface area contributed by atoms with Gasteiger partial charge in [0.15, 0.2) is 5.54 Å². The molecule has 0 radical (unpaired) electrons. The Hall–Kier alpha value is -2.86. The van der Waals surface area contributed by atoms with Crippen LogP contribution in [-0.2, 0) is 27.3 Å². The van der Waals surface area contributed by atoms with Crippen molar-refractivity contribution < 1.29 is 24.2 Å². The second-order valence-corrected chi connectivity index (χ2v) is 5.81. The number of aliphatic hydroxyl groups is 1. The summed E-state index contributed by atoms with van der Waals surface area (Å²) in [5, 5.41) is 12.4. The van der Waals surface area contributed by atoms with E-state index in [1.165, 1.54) is 0 Å². The molecule has 0 heterocycles. The highest BCUT2D eigenvalue weighted by Crippen LogP contribution is 2.16. The molecule has 0 bridgehead atoms. The van der Waals surface area contributed by atoms with Gasteiger partial charge in [0.1, 0.15) is 6.61 Å². The first-order valence-corrected chi connectivity index (χ1v) is 8.40. The Morgan fingerprint density at radius 3 is 2.08 bits per heavy atom. The van der Waals surface area contributed by atoms with Gasteiger partial charge in [-0.15, -0.1) is 0 Å². The molecule has 0 aliphatic rings. The molecule has 0 saturated heterocycles. The minimum absolute atomic E-state index is 0.0579. The average Bonchev–Trinajstić information content (AvgIpc) is 2.67. The number of esters is 1. The molecule has 2 rings (SSSR count). The van der Waals surface area contributed by atoms with E-state index in [1.54, 1.807) is 19.1 Å². The van der Waals surface area contributed by atoms with Crippen molar-refractivity contribution in [3.8, 4) is 0 Å². The first kappa shape index (κ1) is 19.5. The van der Waals surface area contributed by atoms with Gasteiger partial charge in [0.25, 0.3) is 0 Å². The highest BCUT2D eigenvalue weighted by Gasteiger charge is 2.41. The zero-order valence-electron chi connectivity index (χ0n) is 14.7. The second kappa shape index (κ2) is 9.58. The van der Waals surface area contributed by atoms with E-state index in [0.717, 1.165) is 11.1 Å². The van der Waals surface area contributed by atoms with E-state index in [1.807, 2.05) is 48.5 Å². The van der Waals surface area contributed by atoms with Crippen molar-refractivity contribution in [1.29, 1.82) is 0 Å². The van der Waals surface area contributed by atoms with Gasteiger partial charge in [0.2, 0.25) is 0 Å². The summed E-state index contributed by atoms with van der Waals surface area (Å²) in [5.41, 5.74) is -0.0140. The molecule has 0 fully saturated rings. The molecule has 1 atom stereocenters. The zero-order chi connectivity index (χ0) is 18.8. The summed E-state index contributed by atoms with van der Waals surface area (Å²) in [6.07, 6.45) is -0.712. The van der Waals surface area contributed by atoms with Crippen LogP contribution in [0.1, 0.15) is 18.1 Å². The number of carbonyl (C=O) groups is 2. The Labute approximate surface area is 152 Å². The van der Waals surface area contributed by atoms with Gasteiger partial charge in [0, 0.05) is 6.42 Å². The second-order valence-electron chi connectivity index (χ2n) is 5.81. The zero-order valence-corrected chi connectivity index (χ0v) is 14.7. The molecule has 0 aromatic heterocycles. The van der Waals surface area contributed by atoms with Gasteiger partial charge in [-0.05, 0) is 18.1 Å². The fourth-order valence-electron chi connectivity index (χ4n) is 2.50. The van der Waals surface area contributed by atoms with Crippen molar-refractivity contribution in [2.45, 2.75) is 25.5 Å². The largest absolute Gasteiger partial charge is 0.464 e. The van der Waals surface area contributed by atoms with E-state index in [9.17, 15) is 14.7 Å². The normalized spacial score (nSPS) is 12.7. The molecule has 2 aromatic carbocycles. The van der Waals surface area contributed by atoms with Gasteiger partial charge in [-0.3, -0.25) is 0 Å². The number of hydrogen-bond acceptors (Lipinski definition) is 5. The first-order chi connectivity index (χ1) is 12.6. The molecule has 0 unspecified atom stereocenters. The maximum Gasteiger partial charge on any atom is 0.408 e. The standard InChI is InChI=1S/C20H23NO5/c1-2-25-18(23)20(15-22,13-16-9-5-3-6-10-16)21-19(24)26-14-17-11-7-4-8-12-17/h3-12,22H,2,13-15H2,1H3,(H,21,24)/t20-/m1/s1. The van der Waals surface area contributed by atoms with E-state index >= 15 is 0 Å². The third kappa shape index (κ3) is 5.32.